The third kappa shape index (κ3) is 4.88. The van der Waals surface area contributed by atoms with Crippen LogP contribution in [0.4, 0.5) is 5.82 Å². The minimum atomic E-state index is 0.0691. The van der Waals surface area contributed by atoms with Crippen LogP contribution in [-0.2, 0) is 24.2 Å². The van der Waals surface area contributed by atoms with Crippen molar-refractivity contribution in [3.63, 3.8) is 0 Å². The SMILES string of the molecule is CC1CCN(c2ccc(CNC(=O)CSc3ccc4c(c3)CCC4)cn2)CC1. The maximum absolute atomic E-state index is 12.2. The summed E-state index contributed by atoms with van der Waals surface area (Å²) in [6.07, 6.45) is 8.00. The first-order chi connectivity index (χ1) is 13.7. The van der Waals surface area contributed by atoms with E-state index in [-0.39, 0.29) is 5.91 Å². The predicted octanol–water partition coefficient (Wildman–Crippen LogP) is 4.22. The summed E-state index contributed by atoms with van der Waals surface area (Å²) in [6, 6.07) is 10.8. The molecule has 1 aromatic heterocycles. The van der Waals surface area contributed by atoms with E-state index < -0.39 is 0 Å². The number of hydrogen-bond acceptors (Lipinski definition) is 4. The first-order valence-electron chi connectivity index (χ1n) is 10.4. The molecule has 1 N–H and O–H groups in total. The molecule has 0 saturated carbocycles. The molecule has 1 amide bonds. The third-order valence-electron chi connectivity index (χ3n) is 5.85. The van der Waals surface area contributed by atoms with Crippen molar-refractivity contribution in [3.05, 3.63) is 53.2 Å². The van der Waals surface area contributed by atoms with Gasteiger partial charge in [0, 0.05) is 30.7 Å². The molecule has 1 aliphatic heterocycles. The second-order valence-electron chi connectivity index (χ2n) is 8.04. The highest BCUT2D eigenvalue weighted by atomic mass is 32.2. The Bertz CT molecular complexity index is 813. The Morgan fingerprint density at radius 3 is 2.79 bits per heavy atom. The van der Waals surface area contributed by atoms with Gasteiger partial charge >= 0.3 is 0 Å². The summed E-state index contributed by atoms with van der Waals surface area (Å²) in [7, 11) is 0. The highest BCUT2D eigenvalue weighted by molar-refractivity contribution is 8.00. The number of anilines is 1. The summed E-state index contributed by atoms with van der Waals surface area (Å²) >= 11 is 1.62. The van der Waals surface area contributed by atoms with Crippen molar-refractivity contribution in [2.45, 2.75) is 50.5 Å². The van der Waals surface area contributed by atoms with Gasteiger partial charge in [-0.05, 0) is 72.9 Å². The number of amides is 1. The van der Waals surface area contributed by atoms with Crippen molar-refractivity contribution in [3.8, 4) is 0 Å². The molecule has 0 atom stereocenters. The summed E-state index contributed by atoms with van der Waals surface area (Å²) in [4.78, 5) is 20.4. The van der Waals surface area contributed by atoms with E-state index in [1.165, 1.54) is 48.1 Å². The lowest BCUT2D eigenvalue weighted by molar-refractivity contribution is -0.118. The molecule has 4 rings (SSSR count). The second-order valence-corrected chi connectivity index (χ2v) is 9.09. The second kappa shape index (κ2) is 8.99. The molecule has 1 aliphatic carbocycles. The van der Waals surface area contributed by atoms with E-state index in [9.17, 15) is 4.79 Å². The summed E-state index contributed by atoms with van der Waals surface area (Å²) in [6.45, 7) is 5.03. The number of nitrogens with zero attached hydrogens (tertiary/aromatic N) is 2. The van der Waals surface area contributed by atoms with Gasteiger partial charge < -0.3 is 10.2 Å². The maximum Gasteiger partial charge on any atom is 0.230 e. The maximum atomic E-state index is 12.2. The Labute approximate surface area is 172 Å². The van der Waals surface area contributed by atoms with Crippen LogP contribution in [0.5, 0.6) is 0 Å². The first-order valence-corrected chi connectivity index (χ1v) is 11.4. The van der Waals surface area contributed by atoms with Crippen LogP contribution in [0.2, 0.25) is 0 Å². The molecule has 2 aromatic rings. The summed E-state index contributed by atoms with van der Waals surface area (Å²) in [5, 5.41) is 3.01. The number of aryl methyl sites for hydroxylation is 2. The van der Waals surface area contributed by atoms with Crippen molar-refractivity contribution in [2.75, 3.05) is 23.7 Å². The lowest BCUT2D eigenvalue weighted by Crippen LogP contribution is -2.33. The summed E-state index contributed by atoms with van der Waals surface area (Å²) in [5.74, 6) is 2.39. The van der Waals surface area contributed by atoms with Crippen LogP contribution in [0.15, 0.2) is 41.4 Å². The van der Waals surface area contributed by atoms with Gasteiger partial charge in [-0.15, -0.1) is 11.8 Å². The van der Waals surface area contributed by atoms with Gasteiger partial charge in [0.25, 0.3) is 0 Å². The highest BCUT2D eigenvalue weighted by Crippen LogP contribution is 2.27. The summed E-state index contributed by atoms with van der Waals surface area (Å²) in [5.41, 5.74) is 3.98. The van der Waals surface area contributed by atoms with Crippen LogP contribution >= 0.6 is 11.8 Å². The molecule has 0 unspecified atom stereocenters. The van der Waals surface area contributed by atoms with Crippen LogP contribution in [-0.4, -0.2) is 29.7 Å². The Morgan fingerprint density at radius 2 is 2.00 bits per heavy atom. The Balaban J connectivity index is 1.22. The number of nitrogens with one attached hydrogen (secondary N) is 1. The smallest absolute Gasteiger partial charge is 0.230 e. The zero-order chi connectivity index (χ0) is 19.3. The molecule has 2 heterocycles. The van der Waals surface area contributed by atoms with E-state index in [1.54, 1.807) is 11.8 Å². The molecule has 1 saturated heterocycles. The van der Waals surface area contributed by atoms with Crippen LogP contribution < -0.4 is 10.2 Å². The standard InChI is InChI=1S/C23H29N3OS/c1-17-9-11-26(12-10-17)22-8-5-18(14-24-22)15-25-23(27)16-28-21-7-6-19-3-2-4-20(19)13-21/h5-8,13-14,17H,2-4,9-12,15-16H2,1H3,(H,25,27). The Morgan fingerprint density at radius 1 is 1.18 bits per heavy atom. The fraction of sp³-hybridized carbons (Fsp3) is 0.478. The van der Waals surface area contributed by atoms with E-state index in [0.29, 0.717) is 12.3 Å². The molecule has 0 spiro atoms. The number of pyridine rings is 1. The van der Waals surface area contributed by atoms with Crippen LogP contribution in [0.1, 0.15) is 42.9 Å². The lowest BCUT2D eigenvalue weighted by Gasteiger charge is -2.31. The van der Waals surface area contributed by atoms with E-state index in [1.807, 2.05) is 6.20 Å². The third-order valence-corrected chi connectivity index (χ3v) is 6.84. The first kappa shape index (κ1) is 19.3. The van der Waals surface area contributed by atoms with Crippen molar-refractivity contribution < 1.29 is 4.79 Å². The number of benzene rings is 1. The predicted molar refractivity (Wildman–Crippen MR) is 116 cm³/mol. The van der Waals surface area contributed by atoms with Crippen LogP contribution in [0.3, 0.4) is 0 Å². The van der Waals surface area contributed by atoms with Crippen molar-refractivity contribution in [1.82, 2.24) is 10.3 Å². The molecule has 28 heavy (non-hydrogen) atoms. The van der Waals surface area contributed by atoms with E-state index >= 15 is 0 Å². The fourth-order valence-electron chi connectivity index (χ4n) is 3.98. The zero-order valence-corrected chi connectivity index (χ0v) is 17.4. The molecule has 4 nitrogen and oxygen atoms in total. The van der Waals surface area contributed by atoms with Crippen molar-refractivity contribution in [2.24, 2.45) is 5.92 Å². The monoisotopic (exact) mass is 395 g/mol. The highest BCUT2D eigenvalue weighted by Gasteiger charge is 2.16. The molecule has 0 bridgehead atoms. The topological polar surface area (TPSA) is 45.2 Å². The minimum Gasteiger partial charge on any atom is -0.357 e. The number of carbonyl (C=O) groups excluding carboxylic acids is 1. The molecule has 1 fully saturated rings. The molecular weight excluding hydrogens is 366 g/mol. The van der Waals surface area contributed by atoms with Crippen LogP contribution in [0.25, 0.3) is 0 Å². The number of aromatic nitrogens is 1. The average molecular weight is 396 g/mol. The van der Waals surface area contributed by atoms with Gasteiger partial charge in [-0.1, -0.05) is 19.1 Å². The molecule has 0 radical (unpaired) electrons. The van der Waals surface area contributed by atoms with Crippen molar-refractivity contribution >= 4 is 23.5 Å². The number of rotatable bonds is 6. The zero-order valence-electron chi connectivity index (χ0n) is 16.6. The molecule has 1 aromatic carbocycles. The van der Waals surface area contributed by atoms with E-state index in [2.05, 4.69) is 52.5 Å². The lowest BCUT2D eigenvalue weighted by atomic mass is 9.99. The number of thioether (sulfide) groups is 1. The Kier molecular flexibility index (Phi) is 6.20. The number of piperidine rings is 1. The van der Waals surface area contributed by atoms with Gasteiger partial charge in [0.05, 0.1) is 5.75 Å². The molecule has 148 valence electrons. The number of fused-ring (bicyclic) bond motifs is 1. The molecular formula is C23H29N3OS. The minimum absolute atomic E-state index is 0.0691. The van der Waals surface area contributed by atoms with Crippen molar-refractivity contribution in [1.29, 1.82) is 0 Å². The molecule has 2 aliphatic rings. The van der Waals surface area contributed by atoms with E-state index in [0.717, 1.165) is 30.4 Å². The van der Waals surface area contributed by atoms with Gasteiger partial charge in [-0.3, -0.25) is 4.79 Å². The van der Waals surface area contributed by atoms with Gasteiger partial charge in [0.2, 0.25) is 5.91 Å². The average Bonchev–Trinajstić information content (AvgIpc) is 3.19. The fourth-order valence-corrected chi connectivity index (χ4v) is 4.77. The quantitative estimate of drug-likeness (QED) is 0.744. The van der Waals surface area contributed by atoms with E-state index in [4.69, 9.17) is 0 Å². The van der Waals surface area contributed by atoms with Gasteiger partial charge in [-0.2, -0.15) is 0 Å². The van der Waals surface area contributed by atoms with Crippen LogP contribution in [0, 0.1) is 5.92 Å². The number of hydrogen-bond donors (Lipinski definition) is 1. The van der Waals surface area contributed by atoms with Gasteiger partial charge in [0.15, 0.2) is 0 Å². The number of carbonyl (C=O) groups is 1. The molecule has 5 heteroatoms. The normalized spacial score (nSPS) is 16.8. The summed E-state index contributed by atoms with van der Waals surface area (Å²) < 4.78 is 0. The largest absolute Gasteiger partial charge is 0.357 e. The van der Waals surface area contributed by atoms with Gasteiger partial charge in [0.1, 0.15) is 5.82 Å². The van der Waals surface area contributed by atoms with Gasteiger partial charge in [-0.25, -0.2) is 4.98 Å². The Hall–Kier alpha value is -2.01.